The van der Waals surface area contributed by atoms with E-state index in [2.05, 4.69) is 45.0 Å². The van der Waals surface area contributed by atoms with Gasteiger partial charge in [0, 0.05) is 15.2 Å². The predicted molar refractivity (Wildman–Crippen MR) is 71.3 cm³/mol. The largest absolute Gasteiger partial charge is 0.346 e. The van der Waals surface area contributed by atoms with Crippen molar-refractivity contribution >= 4 is 11.8 Å². The molecule has 1 aromatic rings. The summed E-state index contributed by atoms with van der Waals surface area (Å²) < 4.78 is 11.5. The summed E-state index contributed by atoms with van der Waals surface area (Å²) in [6, 6.07) is 8.44. The van der Waals surface area contributed by atoms with Crippen molar-refractivity contribution in [1.82, 2.24) is 0 Å². The predicted octanol–water partition coefficient (Wildman–Crippen LogP) is 4.01. The van der Waals surface area contributed by atoms with Gasteiger partial charge in [-0.15, -0.1) is 11.8 Å². The molecule has 2 rings (SSSR count). The van der Waals surface area contributed by atoms with Gasteiger partial charge in [-0.05, 0) is 19.1 Å². The third-order valence-corrected chi connectivity index (χ3v) is 3.49. The molecule has 2 atom stereocenters. The minimum Gasteiger partial charge on any atom is -0.346 e. The Hall–Kier alpha value is -0.510. The van der Waals surface area contributed by atoms with E-state index in [0.717, 1.165) is 5.56 Å². The molecule has 1 heterocycles. The van der Waals surface area contributed by atoms with Gasteiger partial charge in [0.2, 0.25) is 0 Å². The van der Waals surface area contributed by atoms with Crippen LogP contribution in [-0.4, -0.2) is 17.5 Å². The van der Waals surface area contributed by atoms with E-state index in [1.165, 1.54) is 4.90 Å². The Bertz CT molecular complexity index is 384. The molecule has 0 N–H and O–H groups in total. The number of rotatable bonds is 2. The van der Waals surface area contributed by atoms with E-state index in [-0.39, 0.29) is 17.1 Å². The fourth-order valence-electron chi connectivity index (χ4n) is 1.77. The first-order valence-corrected chi connectivity index (χ1v) is 6.82. The van der Waals surface area contributed by atoms with Crippen molar-refractivity contribution in [3.05, 3.63) is 29.8 Å². The van der Waals surface area contributed by atoms with E-state index in [1.54, 1.807) is 0 Å². The van der Waals surface area contributed by atoms with Gasteiger partial charge in [0.25, 0.3) is 0 Å². The van der Waals surface area contributed by atoms with Crippen LogP contribution in [-0.2, 0) is 9.47 Å². The molecule has 1 aliphatic rings. The van der Waals surface area contributed by atoms with Crippen LogP contribution in [0.25, 0.3) is 0 Å². The third kappa shape index (κ3) is 3.73. The highest BCUT2D eigenvalue weighted by atomic mass is 32.2. The second kappa shape index (κ2) is 5.01. The minimum absolute atomic E-state index is 0.189. The molecular weight excluding hydrogens is 232 g/mol. The Balaban J connectivity index is 2.11. The summed E-state index contributed by atoms with van der Waals surface area (Å²) >= 11 is 1.86. The maximum Gasteiger partial charge on any atom is 0.184 e. The molecule has 17 heavy (non-hydrogen) atoms. The summed E-state index contributed by atoms with van der Waals surface area (Å²) in [6.45, 7) is 9.37. The normalized spacial score (nSPS) is 25.2. The zero-order valence-corrected chi connectivity index (χ0v) is 11.7. The smallest absolute Gasteiger partial charge is 0.184 e. The van der Waals surface area contributed by atoms with Gasteiger partial charge in [0.05, 0.1) is 12.7 Å². The average Bonchev–Trinajstić information content (AvgIpc) is 2.63. The Morgan fingerprint density at radius 3 is 2.65 bits per heavy atom. The molecule has 0 amide bonds. The number of thioether (sulfide) groups is 1. The molecule has 0 saturated carbocycles. The Morgan fingerprint density at radius 2 is 2.06 bits per heavy atom. The summed E-state index contributed by atoms with van der Waals surface area (Å²) in [4.78, 5) is 1.27. The minimum atomic E-state index is -0.189. The van der Waals surface area contributed by atoms with Crippen LogP contribution >= 0.6 is 11.8 Å². The van der Waals surface area contributed by atoms with Crippen LogP contribution in [0.3, 0.4) is 0 Å². The first-order chi connectivity index (χ1) is 7.94. The van der Waals surface area contributed by atoms with E-state index in [4.69, 9.17) is 9.47 Å². The van der Waals surface area contributed by atoms with Crippen LogP contribution < -0.4 is 0 Å². The van der Waals surface area contributed by atoms with Crippen LogP contribution in [0.5, 0.6) is 0 Å². The van der Waals surface area contributed by atoms with Gasteiger partial charge in [-0.3, -0.25) is 0 Å². The van der Waals surface area contributed by atoms with Crippen molar-refractivity contribution in [1.29, 1.82) is 0 Å². The van der Waals surface area contributed by atoms with Crippen LogP contribution in [0, 0.1) is 0 Å². The van der Waals surface area contributed by atoms with E-state index in [1.807, 2.05) is 18.7 Å². The lowest BCUT2D eigenvalue weighted by Crippen LogP contribution is -2.07. The highest BCUT2D eigenvalue weighted by molar-refractivity contribution is 8.00. The van der Waals surface area contributed by atoms with Gasteiger partial charge >= 0.3 is 0 Å². The average molecular weight is 252 g/mol. The summed E-state index contributed by atoms with van der Waals surface area (Å²) in [6.07, 6.45) is 0.00411. The Kier molecular flexibility index (Phi) is 3.81. The van der Waals surface area contributed by atoms with Crippen molar-refractivity contribution in [2.75, 3.05) is 6.61 Å². The lowest BCUT2D eigenvalue weighted by molar-refractivity contribution is -0.0573. The molecule has 1 saturated heterocycles. The molecule has 2 nitrogen and oxygen atoms in total. The van der Waals surface area contributed by atoms with E-state index in [9.17, 15) is 0 Å². The number of hydrogen-bond acceptors (Lipinski definition) is 3. The van der Waals surface area contributed by atoms with Crippen molar-refractivity contribution in [2.24, 2.45) is 0 Å². The zero-order valence-electron chi connectivity index (χ0n) is 10.9. The molecule has 2 unspecified atom stereocenters. The van der Waals surface area contributed by atoms with Crippen molar-refractivity contribution in [3.8, 4) is 0 Å². The molecule has 1 aliphatic heterocycles. The molecule has 94 valence electrons. The number of hydrogen-bond donors (Lipinski definition) is 0. The van der Waals surface area contributed by atoms with E-state index < -0.39 is 0 Å². The Morgan fingerprint density at radius 1 is 1.29 bits per heavy atom. The van der Waals surface area contributed by atoms with Gasteiger partial charge < -0.3 is 9.47 Å². The molecule has 1 fully saturated rings. The maximum atomic E-state index is 5.70. The van der Waals surface area contributed by atoms with Gasteiger partial charge in [0.1, 0.15) is 0 Å². The molecule has 3 heteroatoms. The number of benzene rings is 1. The summed E-state index contributed by atoms with van der Waals surface area (Å²) in [5.74, 6) is 0. The van der Waals surface area contributed by atoms with Crippen LogP contribution in [0.4, 0.5) is 0 Å². The first-order valence-electron chi connectivity index (χ1n) is 6.00. The maximum absolute atomic E-state index is 5.70. The highest BCUT2D eigenvalue weighted by Crippen LogP contribution is 2.34. The van der Waals surface area contributed by atoms with E-state index >= 15 is 0 Å². The monoisotopic (exact) mass is 252 g/mol. The lowest BCUT2D eigenvalue weighted by atomic mass is 10.2. The third-order valence-electron chi connectivity index (χ3n) is 2.39. The molecule has 0 aliphatic carbocycles. The van der Waals surface area contributed by atoms with Crippen LogP contribution in [0.15, 0.2) is 29.2 Å². The topological polar surface area (TPSA) is 18.5 Å². The second-order valence-corrected chi connectivity index (χ2v) is 7.30. The van der Waals surface area contributed by atoms with Crippen molar-refractivity contribution < 1.29 is 9.47 Å². The van der Waals surface area contributed by atoms with Gasteiger partial charge in [-0.1, -0.05) is 32.9 Å². The lowest BCUT2D eigenvalue weighted by Gasteiger charge is -2.18. The second-order valence-electron chi connectivity index (χ2n) is 5.40. The summed E-state index contributed by atoms with van der Waals surface area (Å²) in [5.41, 5.74) is 1.11. The van der Waals surface area contributed by atoms with Crippen molar-refractivity contribution in [3.63, 3.8) is 0 Å². The van der Waals surface area contributed by atoms with Crippen LogP contribution in [0.2, 0.25) is 0 Å². The van der Waals surface area contributed by atoms with Gasteiger partial charge in [0.15, 0.2) is 6.29 Å². The van der Waals surface area contributed by atoms with Crippen LogP contribution in [0.1, 0.15) is 39.5 Å². The first kappa shape index (κ1) is 12.9. The molecule has 0 radical (unpaired) electrons. The number of ether oxygens (including phenoxy) is 2. The highest BCUT2D eigenvalue weighted by Gasteiger charge is 2.24. The van der Waals surface area contributed by atoms with Gasteiger partial charge in [-0.2, -0.15) is 0 Å². The summed E-state index contributed by atoms with van der Waals surface area (Å²) in [5, 5.41) is 0. The summed E-state index contributed by atoms with van der Waals surface area (Å²) in [7, 11) is 0. The molecule has 0 spiro atoms. The SMILES string of the molecule is CC1COC(c2cccc(SC(C)(C)C)c2)O1. The fraction of sp³-hybridized carbons (Fsp3) is 0.571. The van der Waals surface area contributed by atoms with E-state index in [0.29, 0.717) is 6.61 Å². The quantitative estimate of drug-likeness (QED) is 0.741. The molecule has 0 aromatic heterocycles. The fourth-order valence-corrected chi connectivity index (χ4v) is 2.81. The van der Waals surface area contributed by atoms with Gasteiger partial charge in [-0.25, -0.2) is 0 Å². The standard InChI is InChI=1S/C14H20O2S/c1-10-9-15-13(16-10)11-6-5-7-12(8-11)17-14(2,3)4/h5-8,10,13H,9H2,1-4H3. The zero-order chi connectivity index (χ0) is 12.5. The molecule has 0 bridgehead atoms. The Labute approximate surface area is 108 Å². The molecular formula is C14H20O2S. The van der Waals surface area contributed by atoms with Crippen molar-refractivity contribution in [2.45, 2.75) is 49.7 Å². The molecule has 1 aromatic carbocycles.